The second-order valence-corrected chi connectivity index (χ2v) is 6.97. The van der Waals surface area contributed by atoms with Crippen molar-refractivity contribution >= 4 is 29.4 Å². The molecule has 2 atom stereocenters. The lowest BCUT2D eigenvalue weighted by Gasteiger charge is -2.29. The van der Waals surface area contributed by atoms with Crippen LogP contribution in [0, 0.1) is 11.3 Å². The first-order valence-corrected chi connectivity index (χ1v) is 7.81. The highest BCUT2D eigenvalue weighted by Crippen LogP contribution is 2.47. The number of nitrogens with two attached hydrogens (primary N) is 1. The zero-order chi connectivity index (χ0) is 16.5. The maximum absolute atomic E-state index is 12.1. The van der Waals surface area contributed by atoms with Crippen molar-refractivity contribution in [2.75, 3.05) is 12.4 Å². The molecule has 0 bridgehead atoms. The summed E-state index contributed by atoms with van der Waals surface area (Å²) in [7, 11) is 0. The average molecular weight is 323 g/mol. The fourth-order valence-electron chi connectivity index (χ4n) is 2.67. The lowest BCUT2D eigenvalue weighted by Crippen LogP contribution is -2.47. The molecule has 0 saturated carbocycles. The van der Waals surface area contributed by atoms with Gasteiger partial charge in [-0.2, -0.15) is 5.26 Å². The zero-order valence-corrected chi connectivity index (χ0v) is 13.2. The van der Waals surface area contributed by atoms with Gasteiger partial charge in [0, 0.05) is 17.9 Å². The Morgan fingerprint density at radius 1 is 1.59 bits per heavy atom. The van der Waals surface area contributed by atoms with Crippen LogP contribution in [0.4, 0.5) is 0 Å². The summed E-state index contributed by atoms with van der Waals surface area (Å²) < 4.78 is 4.99. The third-order valence-corrected chi connectivity index (χ3v) is 5.35. The number of amides is 1. The first-order valence-electron chi connectivity index (χ1n) is 6.82. The molecule has 0 aromatic rings. The van der Waals surface area contributed by atoms with E-state index in [-0.39, 0.29) is 22.0 Å². The molecule has 2 aliphatic heterocycles. The number of Topliss-reactive ketones (excluding diaryl/α,β-unsaturated/α-hetero) is 1. The highest BCUT2D eigenvalue weighted by Gasteiger charge is 2.53. The Hall–Kier alpha value is -2.01. The normalized spacial score (nSPS) is 28.0. The fraction of sp³-hybridized carbons (Fsp3) is 0.571. The number of hydrogen-bond donors (Lipinski definition) is 1. The Kier molecular flexibility index (Phi) is 4.47. The first-order chi connectivity index (χ1) is 10.3. The number of nitrogens with zero attached hydrogens (tertiary/aromatic N) is 2. The minimum Gasteiger partial charge on any atom is -0.456 e. The van der Waals surface area contributed by atoms with Crippen LogP contribution in [0.15, 0.2) is 11.3 Å². The van der Waals surface area contributed by atoms with E-state index in [0.29, 0.717) is 18.6 Å². The minimum atomic E-state index is -0.675. The highest BCUT2D eigenvalue weighted by atomic mass is 32.2. The predicted octanol–water partition coefficient (Wildman–Crippen LogP) is 0.309. The summed E-state index contributed by atoms with van der Waals surface area (Å²) in [5.41, 5.74) is 5.29. The number of carbonyl (C=O) groups excluding carboxylic acids is 3. The predicted molar refractivity (Wildman–Crippen MR) is 79.2 cm³/mol. The Bertz CT molecular complexity index is 606. The van der Waals surface area contributed by atoms with Crippen LogP contribution in [0.1, 0.15) is 26.7 Å². The molecule has 0 aliphatic carbocycles. The number of fused-ring (bicyclic) bond motifs is 1. The number of ether oxygens (including phenoxy) is 1. The molecular formula is C14H17N3O4S. The number of allylic oxidation sites excluding steroid dienone is 1. The minimum absolute atomic E-state index is 0.0730. The summed E-state index contributed by atoms with van der Waals surface area (Å²) >= 11 is 1.54. The Labute approximate surface area is 132 Å². The number of carbonyl (C=O) groups is 3. The van der Waals surface area contributed by atoms with Crippen LogP contribution in [-0.2, 0) is 19.1 Å². The van der Waals surface area contributed by atoms with Crippen LogP contribution < -0.4 is 5.73 Å². The maximum atomic E-state index is 12.1. The molecule has 0 aromatic heterocycles. The van der Waals surface area contributed by atoms with Gasteiger partial charge < -0.3 is 15.4 Å². The molecular weight excluding hydrogens is 306 g/mol. The second-order valence-electron chi connectivity index (χ2n) is 5.47. The summed E-state index contributed by atoms with van der Waals surface area (Å²) in [5, 5.41) is 8.83. The smallest absolute Gasteiger partial charge is 0.330 e. The number of esters is 1. The molecule has 7 nitrogen and oxygen atoms in total. The van der Waals surface area contributed by atoms with Crippen LogP contribution in [-0.4, -0.2) is 45.8 Å². The molecule has 118 valence electrons. The molecule has 1 amide bonds. The molecule has 0 aromatic carbocycles. The first kappa shape index (κ1) is 16.4. The van der Waals surface area contributed by atoms with Gasteiger partial charge in [0.1, 0.15) is 17.7 Å². The van der Waals surface area contributed by atoms with Gasteiger partial charge in [0.05, 0.1) is 4.87 Å². The summed E-state index contributed by atoms with van der Waals surface area (Å²) in [6.45, 7) is 2.81. The summed E-state index contributed by atoms with van der Waals surface area (Å²) in [6, 6.07) is 1.02. The third-order valence-electron chi connectivity index (χ3n) is 3.85. The molecule has 2 N–H and O–H groups in total. The number of ketones is 1. The fourth-order valence-corrected chi connectivity index (χ4v) is 4.09. The Morgan fingerprint density at radius 3 is 2.86 bits per heavy atom. The quantitative estimate of drug-likeness (QED) is 0.450. The zero-order valence-electron chi connectivity index (χ0n) is 12.4. The summed E-state index contributed by atoms with van der Waals surface area (Å²) in [4.78, 5) is 37.0. The van der Waals surface area contributed by atoms with Crippen molar-refractivity contribution in [1.82, 2.24) is 4.90 Å². The van der Waals surface area contributed by atoms with Crippen LogP contribution >= 0.6 is 11.8 Å². The van der Waals surface area contributed by atoms with Crippen molar-refractivity contribution in [3.8, 4) is 6.07 Å². The van der Waals surface area contributed by atoms with E-state index in [2.05, 4.69) is 0 Å². The van der Waals surface area contributed by atoms with E-state index in [1.165, 1.54) is 6.92 Å². The van der Waals surface area contributed by atoms with Gasteiger partial charge in [-0.1, -0.05) is 0 Å². The average Bonchev–Trinajstić information content (AvgIpc) is 2.94. The molecule has 8 heteroatoms. The Balaban J connectivity index is 2.00. The molecule has 2 rings (SSSR count). The van der Waals surface area contributed by atoms with Crippen molar-refractivity contribution < 1.29 is 19.1 Å². The van der Waals surface area contributed by atoms with Gasteiger partial charge in [0.15, 0.2) is 6.61 Å². The highest BCUT2D eigenvalue weighted by molar-refractivity contribution is 8.01. The van der Waals surface area contributed by atoms with Crippen molar-refractivity contribution in [1.29, 1.82) is 5.26 Å². The van der Waals surface area contributed by atoms with Gasteiger partial charge in [-0.25, -0.2) is 4.79 Å². The molecule has 0 spiro atoms. The van der Waals surface area contributed by atoms with Crippen LogP contribution in [0.2, 0.25) is 0 Å². The van der Waals surface area contributed by atoms with Crippen molar-refractivity contribution in [2.24, 2.45) is 5.73 Å². The van der Waals surface area contributed by atoms with Crippen molar-refractivity contribution in [2.45, 2.75) is 37.6 Å². The molecule has 2 heterocycles. The standard InChI is InChI=1S/C14H17N3O4S/c1-8(16)9(5-15)11(18)6-21-13(20)10-7-22-14(2)4-3-12(19)17(10)14/h10H,3-4,6-7,16H2,1-2H3. The molecule has 2 saturated heterocycles. The van der Waals surface area contributed by atoms with Crippen molar-refractivity contribution in [3.05, 3.63) is 11.3 Å². The Morgan fingerprint density at radius 2 is 2.27 bits per heavy atom. The molecule has 22 heavy (non-hydrogen) atoms. The van der Waals surface area contributed by atoms with Gasteiger partial charge in [0.25, 0.3) is 0 Å². The number of thioether (sulfide) groups is 1. The second kappa shape index (κ2) is 6.01. The number of hydrogen-bond acceptors (Lipinski definition) is 7. The SMILES string of the molecule is CC(N)=C(C#N)C(=O)COC(=O)C1CSC2(C)CCC(=O)N12. The van der Waals surface area contributed by atoms with Gasteiger partial charge in [-0.05, 0) is 20.3 Å². The van der Waals surface area contributed by atoms with Gasteiger partial charge in [-0.15, -0.1) is 11.8 Å². The number of nitriles is 1. The van der Waals surface area contributed by atoms with Crippen molar-refractivity contribution in [3.63, 3.8) is 0 Å². The monoisotopic (exact) mass is 323 g/mol. The maximum Gasteiger partial charge on any atom is 0.330 e. The lowest BCUT2D eigenvalue weighted by molar-refractivity contribution is -0.155. The molecule has 2 aliphatic rings. The molecule has 0 radical (unpaired) electrons. The van der Waals surface area contributed by atoms with E-state index in [9.17, 15) is 14.4 Å². The van der Waals surface area contributed by atoms with Gasteiger partial charge in [-0.3, -0.25) is 9.59 Å². The van der Waals surface area contributed by atoms with E-state index in [4.69, 9.17) is 15.7 Å². The van der Waals surface area contributed by atoms with Crippen LogP contribution in [0.3, 0.4) is 0 Å². The van der Waals surface area contributed by atoms with Gasteiger partial charge >= 0.3 is 5.97 Å². The lowest BCUT2D eigenvalue weighted by atomic mass is 10.1. The largest absolute Gasteiger partial charge is 0.456 e. The topological polar surface area (TPSA) is 113 Å². The molecule has 2 unspecified atom stereocenters. The third kappa shape index (κ3) is 2.81. The van der Waals surface area contributed by atoms with Crippen LogP contribution in [0.25, 0.3) is 0 Å². The van der Waals surface area contributed by atoms with E-state index in [1.807, 2.05) is 6.92 Å². The molecule has 2 fully saturated rings. The van der Waals surface area contributed by atoms with E-state index >= 15 is 0 Å². The summed E-state index contributed by atoms with van der Waals surface area (Å²) in [5.74, 6) is -0.883. The van der Waals surface area contributed by atoms with E-state index in [1.54, 1.807) is 22.7 Å². The number of rotatable bonds is 4. The van der Waals surface area contributed by atoms with E-state index < -0.39 is 24.4 Å². The van der Waals surface area contributed by atoms with E-state index in [0.717, 1.165) is 0 Å². The summed E-state index contributed by atoms with van der Waals surface area (Å²) in [6.07, 6.45) is 1.12. The van der Waals surface area contributed by atoms with Crippen LogP contribution in [0.5, 0.6) is 0 Å². The van der Waals surface area contributed by atoms with Gasteiger partial charge in [0.2, 0.25) is 11.7 Å².